The maximum atomic E-state index is 10.7. The fourth-order valence-electron chi connectivity index (χ4n) is 1.05. The van der Waals surface area contributed by atoms with Crippen molar-refractivity contribution < 1.29 is 28.8 Å². The van der Waals surface area contributed by atoms with E-state index in [1.54, 1.807) is 0 Å². The van der Waals surface area contributed by atoms with Gasteiger partial charge in [-0.15, -0.1) is 0 Å². The summed E-state index contributed by atoms with van der Waals surface area (Å²) in [5.41, 5.74) is 0.282. The third-order valence-corrected chi connectivity index (χ3v) is 2.33. The van der Waals surface area contributed by atoms with E-state index in [0.29, 0.717) is 6.29 Å². The minimum atomic E-state index is -4.61. The zero-order valence-electron chi connectivity index (χ0n) is 9.03. The summed E-state index contributed by atoms with van der Waals surface area (Å²) in [6, 6.07) is 0. The van der Waals surface area contributed by atoms with E-state index < -0.39 is 14.4 Å². The summed E-state index contributed by atoms with van der Waals surface area (Å²) in [6.45, 7) is 0.995. The molecule has 1 heterocycles. The van der Waals surface area contributed by atoms with Gasteiger partial charge in [0, 0.05) is 11.8 Å². The first-order valence-corrected chi connectivity index (χ1v) is 5.71. The van der Waals surface area contributed by atoms with E-state index in [0.717, 1.165) is 0 Å². The van der Waals surface area contributed by atoms with Crippen molar-refractivity contribution in [2.24, 2.45) is 0 Å². The van der Waals surface area contributed by atoms with Crippen molar-refractivity contribution in [2.45, 2.75) is 13.5 Å². The summed E-state index contributed by atoms with van der Waals surface area (Å²) >= 11 is 0. The number of aldehydes is 1. The van der Waals surface area contributed by atoms with Crippen molar-refractivity contribution in [1.29, 1.82) is 0 Å². The molecule has 0 aliphatic rings. The predicted octanol–water partition coefficient (Wildman–Crippen LogP) is 0.137. The van der Waals surface area contributed by atoms with Crippen LogP contribution < -0.4 is 0 Å². The van der Waals surface area contributed by atoms with Gasteiger partial charge in [0.25, 0.3) is 0 Å². The van der Waals surface area contributed by atoms with Crippen LogP contribution in [0.2, 0.25) is 0 Å². The summed E-state index contributed by atoms with van der Waals surface area (Å²) in [5, 5.41) is 9.46. The summed E-state index contributed by atoms with van der Waals surface area (Å²) in [5.74, 6) is -0.318. The molecule has 0 aliphatic carbocycles. The number of carbonyl (C=O) groups excluding carboxylic acids is 1. The fraction of sp³-hybridized carbons (Fsp3) is 0.250. The van der Waals surface area contributed by atoms with Gasteiger partial charge >= 0.3 is 45.6 Å². The van der Waals surface area contributed by atoms with E-state index in [9.17, 15) is 14.5 Å². The van der Waals surface area contributed by atoms with E-state index >= 15 is 0 Å². The third kappa shape index (κ3) is 5.01. The Labute approximate surface area is 127 Å². The number of pyridine rings is 1. The zero-order chi connectivity index (χ0) is 12.3. The molecule has 3 N–H and O–H groups in total. The first-order chi connectivity index (χ1) is 7.35. The topological polar surface area (TPSA) is 117 Å². The largest absolute Gasteiger partial charge is 2.00 e. The van der Waals surface area contributed by atoms with Crippen LogP contribution in [0.15, 0.2) is 6.20 Å². The van der Waals surface area contributed by atoms with Gasteiger partial charge in [-0.25, -0.2) is 4.57 Å². The van der Waals surface area contributed by atoms with E-state index in [4.69, 9.17) is 9.79 Å². The molecule has 1 aromatic heterocycles. The van der Waals surface area contributed by atoms with Gasteiger partial charge in [-0.2, -0.15) is 0 Å². The van der Waals surface area contributed by atoms with Gasteiger partial charge in [0.2, 0.25) is 0 Å². The second kappa shape index (κ2) is 6.80. The van der Waals surface area contributed by atoms with E-state index in [2.05, 4.69) is 9.51 Å². The van der Waals surface area contributed by atoms with Crippen LogP contribution in [0.5, 0.6) is 5.75 Å². The third-order valence-electron chi connectivity index (χ3n) is 1.86. The van der Waals surface area contributed by atoms with Gasteiger partial charge < -0.3 is 14.9 Å². The molecule has 9 heteroatoms. The molecule has 0 atom stereocenters. The van der Waals surface area contributed by atoms with E-state index in [1.165, 1.54) is 13.1 Å². The van der Waals surface area contributed by atoms with Gasteiger partial charge in [0.15, 0.2) is 6.29 Å². The molecule has 0 radical (unpaired) electrons. The Morgan fingerprint density at radius 1 is 1.53 bits per heavy atom. The minimum Gasteiger partial charge on any atom is -0.505 e. The number of aryl methyl sites for hydroxylation is 1. The van der Waals surface area contributed by atoms with Crippen molar-refractivity contribution in [3.8, 4) is 5.75 Å². The number of phosphoric acid groups is 1. The first kappa shape index (κ1) is 17.0. The van der Waals surface area contributed by atoms with Crippen molar-refractivity contribution in [2.75, 3.05) is 0 Å². The Morgan fingerprint density at radius 2 is 2.12 bits per heavy atom. The minimum absolute atomic E-state index is 0. The molecule has 0 unspecified atom stereocenters. The number of carbonyl (C=O) groups is 1. The second-order valence-corrected chi connectivity index (χ2v) is 4.25. The standard InChI is InChI=1S/C8H10NO6P.Ca/c1-5-8(11)7(3-10)6(2-9-5)4-15-16(12,13)14;/h2-3,11H,4H2,1H3,(H2,12,13,14);/q;+2. The molecule has 17 heavy (non-hydrogen) atoms. The molecule has 1 rings (SSSR count). The number of rotatable bonds is 4. The molecular formula is C8H10CaNO6P+2. The van der Waals surface area contributed by atoms with Crippen LogP contribution >= 0.6 is 7.82 Å². The summed E-state index contributed by atoms with van der Waals surface area (Å²) in [6.07, 6.45) is 1.59. The molecule has 0 fully saturated rings. The predicted molar refractivity (Wildman–Crippen MR) is 58.6 cm³/mol. The van der Waals surface area contributed by atoms with Crippen LogP contribution in [0.3, 0.4) is 0 Å². The molecule has 0 aromatic carbocycles. The number of hydrogen-bond acceptors (Lipinski definition) is 5. The van der Waals surface area contributed by atoms with Crippen molar-refractivity contribution in [3.63, 3.8) is 0 Å². The summed E-state index contributed by atoms with van der Waals surface area (Å²) < 4.78 is 14.7. The van der Waals surface area contributed by atoms with Crippen LogP contribution in [0.25, 0.3) is 0 Å². The average Bonchev–Trinajstić information content (AvgIpc) is 2.18. The van der Waals surface area contributed by atoms with Crippen molar-refractivity contribution >= 4 is 51.8 Å². The maximum absolute atomic E-state index is 10.7. The van der Waals surface area contributed by atoms with Crippen molar-refractivity contribution in [1.82, 2.24) is 4.98 Å². The van der Waals surface area contributed by atoms with E-state index in [1.807, 2.05) is 0 Å². The van der Waals surface area contributed by atoms with Gasteiger partial charge in [-0.1, -0.05) is 0 Å². The molecule has 0 aliphatic heterocycles. The first-order valence-electron chi connectivity index (χ1n) is 4.18. The van der Waals surface area contributed by atoms with Gasteiger partial charge in [-0.3, -0.25) is 14.3 Å². The smallest absolute Gasteiger partial charge is 0.505 e. The molecule has 1 aromatic rings. The number of hydrogen-bond donors (Lipinski definition) is 3. The molecule has 0 saturated heterocycles. The van der Waals surface area contributed by atoms with Crippen LogP contribution in [0.4, 0.5) is 0 Å². The number of phosphoric ester groups is 1. The maximum Gasteiger partial charge on any atom is 2.00 e. The Morgan fingerprint density at radius 3 is 2.59 bits per heavy atom. The van der Waals surface area contributed by atoms with Gasteiger partial charge in [0.05, 0.1) is 17.9 Å². The normalized spacial score (nSPS) is 10.8. The fourth-order valence-corrected chi connectivity index (χ4v) is 1.36. The Bertz CT molecular complexity index is 460. The Balaban J connectivity index is 0.00000256. The molecule has 88 valence electrons. The quantitative estimate of drug-likeness (QED) is 0.409. The van der Waals surface area contributed by atoms with Gasteiger partial charge in [0.1, 0.15) is 5.75 Å². The van der Waals surface area contributed by atoms with Crippen LogP contribution in [-0.4, -0.2) is 63.9 Å². The molecule has 0 amide bonds. The van der Waals surface area contributed by atoms with Gasteiger partial charge in [-0.05, 0) is 6.92 Å². The molecule has 7 nitrogen and oxygen atoms in total. The van der Waals surface area contributed by atoms with Crippen LogP contribution in [0, 0.1) is 6.92 Å². The number of nitrogens with zero attached hydrogens (tertiary/aromatic N) is 1. The molecule has 0 bridgehead atoms. The Kier molecular flexibility index (Phi) is 6.79. The number of aromatic hydroxyl groups is 1. The monoisotopic (exact) mass is 287 g/mol. The van der Waals surface area contributed by atoms with Crippen LogP contribution in [0.1, 0.15) is 21.6 Å². The zero-order valence-corrected chi connectivity index (χ0v) is 12.1. The SMILES string of the molecule is Cc1ncc(COP(=O)(O)O)c(C=O)c1O.[Ca+2]. The van der Waals surface area contributed by atoms with Crippen LogP contribution in [-0.2, 0) is 15.7 Å². The summed E-state index contributed by atoms with van der Waals surface area (Å²) in [4.78, 5) is 31.4. The molecule has 0 spiro atoms. The molecule has 0 saturated carbocycles. The van der Waals surface area contributed by atoms with E-state index in [-0.39, 0.29) is 60.3 Å². The second-order valence-electron chi connectivity index (χ2n) is 3.01. The summed E-state index contributed by atoms with van der Waals surface area (Å²) in [7, 11) is -4.61. The average molecular weight is 287 g/mol. The molecular weight excluding hydrogens is 277 g/mol. The Hall–Kier alpha value is -0.0103. The number of aromatic nitrogens is 1. The van der Waals surface area contributed by atoms with Crippen molar-refractivity contribution in [3.05, 3.63) is 23.0 Å².